The Morgan fingerprint density at radius 2 is 2.00 bits per heavy atom. The SMILES string of the molecule is CCn1ncc2c(C(=O)Nc3ccc(N(C)C)cc3C(F)(F)F)cc(-c3cccs3)nc21. The molecule has 166 valence electrons. The van der Waals surface area contributed by atoms with Crippen LogP contribution in [-0.2, 0) is 12.7 Å². The van der Waals surface area contributed by atoms with Gasteiger partial charge in [0.05, 0.1) is 39.0 Å². The summed E-state index contributed by atoms with van der Waals surface area (Å²) >= 11 is 1.46. The van der Waals surface area contributed by atoms with Crippen LogP contribution in [0.1, 0.15) is 22.8 Å². The molecule has 1 aromatic carbocycles. The number of rotatable bonds is 5. The van der Waals surface area contributed by atoms with Gasteiger partial charge in [0, 0.05) is 26.3 Å². The predicted molar refractivity (Wildman–Crippen MR) is 120 cm³/mol. The first-order valence-corrected chi connectivity index (χ1v) is 10.7. The first kappa shape index (κ1) is 21.8. The first-order chi connectivity index (χ1) is 15.2. The van der Waals surface area contributed by atoms with E-state index in [-0.39, 0.29) is 11.3 Å². The van der Waals surface area contributed by atoms with Crippen molar-refractivity contribution in [3.8, 4) is 10.6 Å². The van der Waals surface area contributed by atoms with Crippen LogP contribution in [0.4, 0.5) is 24.5 Å². The lowest BCUT2D eigenvalue weighted by Crippen LogP contribution is -2.18. The van der Waals surface area contributed by atoms with E-state index >= 15 is 0 Å². The number of nitrogens with one attached hydrogen (secondary N) is 1. The van der Waals surface area contributed by atoms with E-state index < -0.39 is 17.6 Å². The maximum Gasteiger partial charge on any atom is 0.418 e. The average Bonchev–Trinajstić information content (AvgIpc) is 3.42. The number of carbonyl (C=O) groups excluding carboxylic acids is 1. The molecule has 0 fully saturated rings. The molecule has 0 saturated carbocycles. The van der Waals surface area contributed by atoms with E-state index in [9.17, 15) is 18.0 Å². The largest absolute Gasteiger partial charge is 0.418 e. The Bertz CT molecular complexity index is 1280. The van der Waals surface area contributed by atoms with Gasteiger partial charge in [0.1, 0.15) is 0 Å². The van der Waals surface area contributed by atoms with E-state index in [1.165, 1.54) is 29.7 Å². The fraction of sp³-hybridized carbons (Fsp3) is 0.227. The van der Waals surface area contributed by atoms with Crippen molar-refractivity contribution < 1.29 is 18.0 Å². The number of fused-ring (bicyclic) bond motifs is 1. The van der Waals surface area contributed by atoms with Crippen LogP contribution in [0.5, 0.6) is 0 Å². The molecule has 0 spiro atoms. The third-order valence-electron chi connectivity index (χ3n) is 5.00. The Morgan fingerprint density at radius 3 is 2.62 bits per heavy atom. The molecular formula is C22H20F3N5OS. The molecule has 0 aliphatic rings. The highest BCUT2D eigenvalue weighted by molar-refractivity contribution is 7.13. The molecule has 1 N–H and O–H groups in total. The van der Waals surface area contributed by atoms with E-state index in [1.807, 2.05) is 24.4 Å². The molecule has 6 nitrogen and oxygen atoms in total. The number of carbonyl (C=O) groups is 1. The van der Waals surface area contributed by atoms with Gasteiger partial charge in [-0.25, -0.2) is 9.67 Å². The number of halogens is 3. The van der Waals surface area contributed by atoms with Crippen molar-refractivity contribution in [1.29, 1.82) is 0 Å². The van der Waals surface area contributed by atoms with Crippen molar-refractivity contribution >= 4 is 39.7 Å². The summed E-state index contributed by atoms with van der Waals surface area (Å²) in [4.78, 5) is 20.2. The standard InChI is InChI=1S/C22H20F3N5OS/c1-4-30-20-15(12-26-30)14(11-18(27-20)19-6-5-9-32-19)21(31)28-17-8-7-13(29(2)3)10-16(17)22(23,24)25/h5-12H,4H2,1-3H3,(H,28,31). The zero-order chi connectivity index (χ0) is 23.0. The number of aryl methyl sites for hydroxylation is 1. The molecule has 1 amide bonds. The lowest BCUT2D eigenvalue weighted by molar-refractivity contribution is -0.136. The molecule has 3 aromatic heterocycles. The summed E-state index contributed by atoms with van der Waals surface area (Å²) in [5.41, 5.74) is 0.437. The number of nitrogens with zero attached hydrogens (tertiary/aromatic N) is 4. The number of pyridine rings is 1. The third-order valence-corrected chi connectivity index (χ3v) is 5.89. The Hall–Kier alpha value is -3.40. The second kappa shape index (κ2) is 8.27. The van der Waals surface area contributed by atoms with E-state index in [4.69, 9.17) is 0 Å². The van der Waals surface area contributed by atoms with Crippen LogP contribution in [0.2, 0.25) is 0 Å². The lowest BCUT2D eigenvalue weighted by atomic mass is 10.1. The second-order valence-electron chi connectivity index (χ2n) is 7.31. The summed E-state index contributed by atoms with van der Waals surface area (Å²) in [6.45, 7) is 2.43. The fourth-order valence-electron chi connectivity index (χ4n) is 3.36. The van der Waals surface area contributed by atoms with Gasteiger partial charge in [0.15, 0.2) is 5.65 Å². The Balaban J connectivity index is 1.81. The zero-order valence-electron chi connectivity index (χ0n) is 17.6. The number of thiophene rings is 1. The quantitative estimate of drug-likeness (QED) is 0.427. The van der Waals surface area contributed by atoms with Gasteiger partial charge in [-0.05, 0) is 42.6 Å². The number of aromatic nitrogens is 3. The van der Waals surface area contributed by atoms with E-state index in [0.29, 0.717) is 29.0 Å². The van der Waals surface area contributed by atoms with E-state index in [2.05, 4.69) is 15.4 Å². The lowest BCUT2D eigenvalue weighted by Gasteiger charge is -2.19. The van der Waals surface area contributed by atoms with Crippen LogP contribution in [0.15, 0.2) is 48.0 Å². The van der Waals surface area contributed by atoms with Crippen molar-refractivity contribution in [2.24, 2.45) is 0 Å². The molecule has 0 aliphatic heterocycles. The molecule has 10 heteroatoms. The molecule has 32 heavy (non-hydrogen) atoms. The van der Waals surface area contributed by atoms with Crippen LogP contribution in [0, 0.1) is 0 Å². The van der Waals surface area contributed by atoms with Crippen LogP contribution in [0.25, 0.3) is 21.6 Å². The van der Waals surface area contributed by atoms with Crippen molar-refractivity contribution in [3.05, 3.63) is 59.1 Å². The summed E-state index contributed by atoms with van der Waals surface area (Å²) in [7, 11) is 3.30. The number of alkyl halides is 3. The molecule has 0 bridgehead atoms. The van der Waals surface area contributed by atoms with Crippen molar-refractivity contribution in [2.45, 2.75) is 19.6 Å². The van der Waals surface area contributed by atoms with Crippen LogP contribution < -0.4 is 10.2 Å². The summed E-state index contributed by atoms with van der Waals surface area (Å²) in [5, 5.41) is 9.08. The molecule has 0 unspecified atom stereocenters. The monoisotopic (exact) mass is 459 g/mol. The van der Waals surface area contributed by atoms with Crippen molar-refractivity contribution in [1.82, 2.24) is 14.8 Å². The van der Waals surface area contributed by atoms with Crippen LogP contribution >= 0.6 is 11.3 Å². The Labute approximate surface area is 186 Å². The van der Waals surface area contributed by atoms with Gasteiger partial charge >= 0.3 is 6.18 Å². The molecule has 3 heterocycles. The number of hydrogen-bond acceptors (Lipinski definition) is 5. The van der Waals surface area contributed by atoms with Crippen LogP contribution in [0.3, 0.4) is 0 Å². The minimum absolute atomic E-state index is 0.211. The zero-order valence-corrected chi connectivity index (χ0v) is 18.4. The topological polar surface area (TPSA) is 63.1 Å². The summed E-state index contributed by atoms with van der Waals surface area (Å²) < 4.78 is 42.8. The smallest absolute Gasteiger partial charge is 0.378 e. The maximum atomic E-state index is 13.7. The van der Waals surface area contributed by atoms with E-state index in [1.54, 1.807) is 29.7 Å². The minimum Gasteiger partial charge on any atom is -0.378 e. The van der Waals surface area contributed by atoms with Crippen molar-refractivity contribution in [3.63, 3.8) is 0 Å². The number of hydrogen-bond donors (Lipinski definition) is 1. The normalized spacial score (nSPS) is 11.7. The number of amides is 1. The van der Waals surface area contributed by atoms with Gasteiger partial charge in [-0.2, -0.15) is 18.3 Å². The Morgan fingerprint density at radius 1 is 1.22 bits per heavy atom. The van der Waals surface area contributed by atoms with Gasteiger partial charge in [0.25, 0.3) is 5.91 Å². The second-order valence-corrected chi connectivity index (χ2v) is 8.25. The average molecular weight is 459 g/mol. The maximum absolute atomic E-state index is 13.7. The van der Waals surface area contributed by atoms with Crippen LogP contribution in [-0.4, -0.2) is 34.8 Å². The van der Waals surface area contributed by atoms with Gasteiger partial charge < -0.3 is 10.2 Å². The fourth-order valence-corrected chi connectivity index (χ4v) is 4.05. The first-order valence-electron chi connectivity index (χ1n) is 9.79. The molecule has 4 rings (SSSR count). The molecule has 0 atom stereocenters. The highest BCUT2D eigenvalue weighted by atomic mass is 32.1. The molecular weight excluding hydrogens is 439 g/mol. The van der Waals surface area contributed by atoms with Gasteiger partial charge in [-0.3, -0.25) is 4.79 Å². The predicted octanol–water partition coefficient (Wildman–Crippen LogP) is 5.52. The van der Waals surface area contributed by atoms with Gasteiger partial charge in [-0.1, -0.05) is 6.07 Å². The number of benzene rings is 1. The molecule has 0 saturated heterocycles. The highest BCUT2D eigenvalue weighted by Crippen LogP contribution is 2.37. The van der Waals surface area contributed by atoms with Gasteiger partial charge in [-0.15, -0.1) is 11.3 Å². The van der Waals surface area contributed by atoms with Crippen molar-refractivity contribution in [2.75, 3.05) is 24.3 Å². The Kier molecular flexibility index (Phi) is 5.64. The number of anilines is 2. The van der Waals surface area contributed by atoms with Gasteiger partial charge in [0.2, 0.25) is 0 Å². The summed E-state index contributed by atoms with van der Waals surface area (Å²) in [6.07, 6.45) is -3.11. The summed E-state index contributed by atoms with van der Waals surface area (Å²) in [5.74, 6) is -0.658. The highest BCUT2D eigenvalue weighted by Gasteiger charge is 2.34. The third kappa shape index (κ3) is 4.05. The minimum atomic E-state index is -4.63. The molecule has 0 aliphatic carbocycles. The molecule has 0 radical (unpaired) electrons. The van der Waals surface area contributed by atoms with E-state index in [0.717, 1.165) is 10.9 Å². The summed E-state index contributed by atoms with van der Waals surface area (Å²) in [6, 6.07) is 9.14. The molecule has 4 aromatic rings.